The molecule has 1 N–H and O–H groups in total. The first-order valence-electron chi connectivity index (χ1n) is 8.42. The van der Waals surface area contributed by atoms with Gasteiger partial charge in [0.2, 0.25) is 0 Å². The van der Waals surface area contributed by atoms with Crippen molar-refractivity contribution in [3.05, 3.63) is 63.8 Å². The van der Waals surface area contributed by atoms with E-state index >= 15 is 0 Å². The maximum absolute atomic E-state index is 13.0. The molecule has 1 amide bonds. The Balaban J connectivity index is 1.99. The fourth-order valence-corrected chi connectivity index (χ4v) is 3.53. The highest BCUT2D eigenvalue weighted by Crippen LogP contribution is 2.29. The van der Waals surface area contributed by atoms with Gasteiger partial charge >= 0.3 is 0 Å². The van der Waals surface area contributed by atoms with Crippen molar-refractivity contribution in [3.63, 3.8) is 0 Å². The Hall–Kier alpha value is -2.18. The minimum Gasteiger partial charge on any atom is -0.493 e. The number of aryl methyl sites for hydroxylation is 1. The Morgan fingerprint density at radius 3 is 2.73 bits per heavy atom. The minimum absolute atomic E-state index is 0.168. The third-order valence-corrected chi connectivity index (χ3v) is 4.84. The highest BCUT2D eigenvalue weighted by molar-refractivity contribution is 9.10. The predicted molar refractivity (Wildman–Crippen MR) is 112 cm³/mol. The molecule has 0 radical (unpaired) electrons. The number of para-hydroxylation sites is 1. The highest BCUT2D eigenvalue weighted by atomic mass is 79.9. The summed E-state index contributed by atoms with van der Waals surface area (Å²) >= 11 is 8.89. The quantitative estimate of drug-likeness (QED) is 0.552. The lowest BCUT2D eigenvalue weighted by Crippen LogP contribution is -2.31. The van der Waals surface area contributed by atoms with Crippen LogP contribution in [-0.2, 0) is 11.2 Å². The zero-order valence-electron chi connectivity index (χ0n) is 14.6. The number of carbonyl (C=O) groups is 1. The molecule has 0 atom stereocenters. The van der Waals surface area contributed by atoms with Gasteiger partial charge in [-0.25, -0.2) is 0 Å². The monoisotopic (exact) mass is 430 g/mol. The molecule has 26 heavy (non-hydrogen) atoms. The van der Waals surface area contributed by atoms with Crippen molar-refractivity contribution in [1.82, 2.24) is 5.32 Å². The van der Waals surface area contributed by atoms with Crippen LogP contribution in [0.3, 0.4) is 0 Å². The van der Waals surface area contributed by atoms with Gasteiger partial charge in [-0.05, 0) is 61.5 Å². The number of hydrogen-bond acceptors (Lipinski definition) is 3. The van der Waals surface area contributed by atoms with E-state index in [-0.39, 0.29) is 5.91 Å². The van der Waals surface area contributed by atoms with Crippen LogP contribution < -0.4 is 15.0 Å². The number of thiocarbonyl (C=S) groups is 1. The second-order valence-electron chi connectivity index (χ2n) is 5.73. The van der Waals surface area contributed by atoms with E-state index in [1.807, 2.05) is 49.4 Å². The Labute approximate surface area is 167 Å². The standard InChI is InChI=1S/C20H19BrN2O2S/c1-3-13-7-5-6-8-17(13)23-19(24)16(22-20(23)26)12-14-11-15(21)9-10-18(14)25-4-2/h5-12H,3-4H2,1-2H3,(H,22,26)/b16-12+. The zero-order chi connectivity index (χ0) is 18.7. The summed E-state index contributed by atoms with van der Waals surface area (Å²) in [6.45, 7) is 4.53. The van der Waals surface area contributed by atoms with Gasteiger partial charge in [0.25, 0.3) is 5.91 Å². The Morgan fingerprint density at radius 2 is 2.00 bits per heavy atom. The average Bonchev–Trinajstić information content (AvgIpc) is 2.91. The summed E-state index contributed by atoms with van der Waals surface area (Å²) in [5.41, 5.74) is 3.13. The summed E-state index contributed by atoms with van der Waals surface area (Å²) in [5, 5.41) is 3.42. The summed E-state index contributed by atoms with van der Waals surface area (Å²) in [7, 11) is 0. The van der Waals surface area contributed by atoms with Gasteiger partial charge < -0.3 is 10.1 Å². The van der Waals surface area contributed by atoms with Gasteiger partial charge in [0.1, 0.15) is 11.4 Å². The van der Waals surface area contributed by atoms with Crippen LogP contribution in [0.5, 0.6) is 5.75 Å². The van der Waals surface area contributed by atoms with E-state index in [1.54, 1.807) is 11.0 Å². The normalized spacial score (nSPS) is 15.5. The lowest BCUT2D eigenvalue weighted by Gasteiger charge is -2.17. The molecule has 1 fully saturated rings. The second kappa shape index (κ2) is 8.01. The van der Waals surface area contributed by atoms with Crippen LogP contribution in [0.25, 0.3) is 6.08 Å². The second-order valence-corrected chi connectivity index (χ2v) is 7.03. The fourth-order valence-electron chi connectivity index (χ4n) is 2.86. The summed E-state index contributed by atoms with van der Waals surface area (Å²) in [6, 6.07) is 13.5. The van der Waals surface area contributed by atoms with Crippen molar-refractivity contribution in [2.45, 2.75) is 20.3 Å². The number of halogens is 1. The third-order valence-electron chi connectivity index (χ3n) is 4.06. The third kappa shape index (κ3) is 3.66. The molecule has 1 saturated heterocycles. The smallest absolute Gasteiger partial charge is 0.281 e. The number of nitrogens with one attached hydrogen (secondary N) is 1. The first kappa shape index (κ1) is 18.6. The average molecular weight is 431 g/mol. The first-order chi connectivity index (χ1) is 12.5. The number of ether oxygens (including phenoxy) is 1. The molecular weight excluding hydrogens is 412 g/mol. The molecule has 0 unspecified atom stereocenters. The first-order valence-corrected chi connectivity index (χ1v) is 9.62. The van der Waals surface area contributed by atoms with Crippen LogP contribution in [0.2, 0.25) is 0 Å². The maximum Gasteiger partial charge on any atom is 0.281 e. The number of benzene rings is 2. The van der Waals surface area contributed by atoms with Crippen LogP contribution in [0, 0.1) is 0 Å². The number of carbonyl (C=O) groups excluding carboxylic acids is 1. The Bertz CT molecular complexity index is 895. The summed E-state index contributed by atoms with van der Waals surface area (Å²) in [6.07, 6.45) is 2.60. The molecule has 0 aromatic heterocycles. The van der Waals surface area contributed by atoms with Crippen LogP contribution in [0.4, 0.5) is 5.69 Å². The summed E-state index contributed by atoms with van der Waals surface area (Å²) in [4.78, 5) is 14.6. The van der Waals surface area contributed by atoms with Crippen molar-refractivity contribution in [3.8, 4) is 5.75 Å². The fraction of sp³-hybridized carbons (Fsp3) is 0.200. The van der Waals surface area contributed by atoms with Gasteiger partial charge in [-0.3, -0.25) is 9.69 Å². The van der Waals surface area contributed by atoms with E-state index in [1.165, 1.54) is 0 Å². The molecule has 1 aliphatic heterocycles. The van der Waals surface area contributed by atoms with Gasteiger partial charge in [0.05, 0.1) is 12.3 Å². The lowest BCUT2D eigenvalue weighted by atomic mass is 10.1. The number of amides is 1. The molecule has 2 aromatic rings. The van der Waals surface area contributed by atoms with Crippen molar-refractivity contribution < 1.29 is 9.53 Å². The predicted octanol–water partition coefficient (Wildman–Crippen LogP) is 4.67. The van der Waals surface area contributed by atoms with E-state index < -0.39 is 0 Å². The van der Waals surface area contributed by atoms with Crippen LogP contribution in [0.1, 0.15) is 25.0 Å². The van der Waals surface area contributed by atoms with Crippen LogP contribution >= 0.6 is 28.1 Å². The van der Waals surface area contributed by atoms with Gasteiger partial charge in [0, 0.05) is 10.0 Å². The molecule has 4 nitrogen and oxygen atoms in total. The summed E-state index contributed by atoms with van der Waals surface area (Å²) < 4.78 is 6.57. The SMILES string of the molecule is CCOc1ccc(Br)cc1/C=C1/NC(=S)N(c2ccccc2CC)C1=O. The van der Waals surface area contributed by atoms with Crippen LogP contribution in [-0.4, -0.2) is 17.6 Å². The molecule has 3 rings (SSSR count). The molecule has 0 saturated carbocycles. The Kier molecular flexibility index (Phi) is 5.74. The maximum atomic E-state index is 13.0. The lowest BCUT2D eigenvalue weighted by molar-refractivity contribution is -0.113. The van der Waals surface area contributed by atoms with E-state index in [2.05, 4.69) is 28.2 Å². The van der Waals surface area contributed by atoms with Crippen molar-refractivity contribution in [2.75, 3.05) is 11.5 Å². The van der Waals surface area contributed by atoms with E-state index in [4.69, 9.17) is 17.0 Å². The topological polar surface area (TPSA) is 41.6 Å². The Morgan fingerprint density at radius 1 is 1.23 bits per heavy atom. The minimum atomic E-state index is -0.168. The molecular formula is C20H19BrN2O2S. The molecule has 1 heterocycles. The zero-order valence-corrected chi connectivity index (χ0v) is 17.0. The molecule has 6 heteroatoms. The number of hydrogen-bond donors (Lipinski definition) is 1. The largest absolute Gasteiger partial charge is 0.493 e. The van der Waals surface area contributed by atoms with E-state index in [0.717, 1.165) is 33.5 Å². The summed E-state index contributed by atoms with van der Waals surface area (Å²) in [5.74, 6) is 0.550. The molecule has 0 bridgehead atoms. The molecule has 0 spiro atoms. The number of anilines is 1. The number of nitrogens with zero attached hydrogens (tertiary/aromatic N) is 1. The number of rotatable bonds is 5. The van der Waals surface area contributed by atoms with Gasteiger partial charge in [0.15, 0.2) is 5.11 Å². The van der Waals surface area contributed by atoms with Gasteiger partial charge in [-0.1, -0.05) is 41.1 Å². The molecule has 0 aliphatic carbocycles. The van der Waals surface area contributed by atoms with E-state index in [9.17, 15) is 4.79 Å². The van der Waals surface area contributed by atoms with Gasteiger partial charge in [-0.15, -0.1) is 0 Å². The molecule has 1 aliphatic rings. The van der Waals surface area contributed by atoms with Crippen molar-refractivity contribution in [2.24, 2.45) is 0 Å². The highest BCUT2D eigenvalue weighted by Gasteiger charge is 2.33. The van der Waals surface area contributed by atoms with Gasteiger partial charge in [-0.2, -0.15) is 0 Å². The van der Waals surface area contributed by atoms with Crippen LogP contribution in [0.15, 0.2) is 52.6 Å². The van der Waals surface area contributed by atoms with E-state index in [0.29, 0.717) is 17.4 Å². The molecule has 134 valence electrons. The molecule has 2 aromatic carbocycles. The van der Waals surface area contributed by atoms with Crippen molar-refractivity contribution >= 4 is 50.9 Å². The van der Waals surface area contributed by atoms with Crippen molar-refractivity contribution in [1.29, 1.82) is 0 Å².